The van der Waals surface area contributed by atoms with Gasteiger partial charge in [0.05, 0.1) is 9.47 Å². The molecule has 1 aliphatic rings. The lowest BCUT2D eigenvalue weighted by molar-refractivity contribution is 0.0945. The number of hydrogen-bond donors (Lipinski definition) is 3. The van der Waals surface area contributed by atoms with Crippen molar-refractivity contribution in [1.82, 2.24) is 10.6 Å². The molecule has 2 rings (SSSR count). The van der Waals surface area contributed by atoms with Crippen LogP contribution in [0.5, 0.6) is 0 Å². The number of halogens is 1. The number of anilines is 1. The Kier molecular flexibility index (Phi) is 3.28. The van der Waals surface area contributed by atoms with Gasteiger partial charge in [-0.15, -0.1) is 11.3 Å². The van der Waals surface area contributed by atoms with E-state index < -0.39 is 0 Å². The summed E-state index contributed by atoms with van der Waals surface area (Å²) in [6.07, 6.45) is 0.984. The van der Waals surface area contributed by atoms with Gasteiger partial charge in [0, 0.05) is 12.6 Å². The third-order valence-electron chi connectivity index (χ3n) is 2.33. The second kappa shape index (κ2) is 4.51. The number of carbonyl (C=O) groups excluding carboxylic acids is 1. The van der Waals surface area contributed by atoms with Crippen LogP contribution in [0.1, 0.15) is 16.1 Å². The first-order chi connectivity index (χ1) is 7.16. The minimum Gasteiger partial charge on any atom is -0.397 e. The number of thiophene rings is 1. The zero-order chi connectivity index (χ0) is 10.8. The lowest BCUT2D eigenvalue weighted by Crippen LogP contribution is -2.36. The van der Waals surface area contributed by atoms with Gasteiger partial charge in [0.1, 0.15) is 4.88 Å². The summed E-state index contributed by atoms with van der Waals surface area (Å²) in [6.45, 7) is 1.81. The van der Waals surface area contributed by atoms with Crippen LogP contribution in [0.4, 0.5) is 5.69 Å². The smallest absolute Gasteiger partial charge is 0.263 e. The quantitative estimate of drug-likeness (QED) is 0.766. The summed E-state index contributed by atoms with van der Waals surface area (Å²) < 4.78 is 0.884. The Hall–Kier alpha value is -0.590. The lowest BCUT2D eigenvalue weighted by Gasteiger charge is -2.10. The Morgan fingerprint density at radius 2 is 2.53 bits per heavy atom. The zero-order valence-electron chi connectivity index (χ0n) is 8.05. The van der Waals surface area contributed by atoms with E-state index in [4.69, 9.17) is 5.73 Å². The van der Waals surface area contributed by atoms with Crippen LogP contribution in [0.3, 0.4) is 0 Å². The number of hydrogen-bond acceptors (Lipinski definition) is 4. The molecule has 0 aliphatic carbocycles. The Labute approximate surface area is 100 Å². The van der Waals surface area contributed by atoms with Gasteiger partial charge in [0.25, 0.3) is 5.91 Å². The first-order valence-electron chi connectivity index (χ1n) is 4.73. The van der Waals surface area contributed by atoms with Gasteiger partial charge in [0.2, 0.25) is 0 Å². The van der Waals surface area contributed by atoms with Crippen LogP contribution in [0.25, 0.3) is 0 Å². The molecule has 82 valence electrons. The van der Waals surface area contributed by atoms with Gasteiger partial charge >= 0.3 is 0 Å². The van der Waals surface area contributed by atoms with Crippen molar-refractivity contribution < 1.29 is 4.79 Å². The molecule has 1 aliphatic heterocycles. The van der Waals surface area contributed by atoms with E-state index in [9.17, 15) is 4.79 Å². The van der Waals surface area contributed by atoms with Gasteiger partial charge < -0.3 is 16.4 Å². The number of nitrogens with two attached hydrogens (primary N) is 1. The van der Waals surface area contributed by atoms with E-state index in [0.29, 0.717) is 10.6 Å². The molecule has 0 saturated carbocycles. The highest BCUT2D eigenvalue weighted by Crippen LogP contribution is 2.28. The van der Waals surface area contributed by atoms with Crippen molar-refractivity contribution in [3.63, 3.8) is 0 Å². The van der Waals surface area contributed by atoms with Crippen molar-refractivity contribution in [2.75, 3.05) is 18.8 Å². The van der Waals surface area contributed by atoms with E-state index in [2.05, 4.69) is 26.6 Å². The van der Waals surface area contributed by atoms with Crippen molar-refractivity contribution in [2.45, 2.75) is 12.5 Å². The second-order valence-electron chi connectivity index (χ2n) is 3.50. The van der Waals surface area contributed by atoms with Crippen molar-refractivity contribution in [3.05, 3.63) is 14.7 Å². The van der Waals surface area contributed by atoms with Crippen molar-refractivity contribution in [1.29, 1.82) is 0 Å². The highest BCUT2D eigenvalue weighted by molar-refractivity contribution is 9.11. The third-order valence-corrected chi connectivity index (χ3v) is 3.99. The molecule has 2 heterocycles. The molecule has 0 aromatic carbocycles. The van der Waals surface area contributed by atoms with Crippen LogP contribution >= 0.6 is 27.3 Å². The largest absolute Gasteiger partial charge is 0.397 e. The monoisotopic (exact) mass is 289 g/mol. The number of rotatable bonds is 2. The highest BCUT2D eigenvalue weighted by atomic mass is 79.9. The van der Waals surface area contributed by atoms with Crippen molar-refractivity contribution >= 4 is 38.9 Å². The van der Waals surface area contributed by atoms with Crippen LogP contribution in [-0.2, 0) is 0 Å². The fourth-order valence-electron chi connectivity index (χ4n) is 1.58. The molecule has 1 amide bonds. The molecule has 0 radical (unpaired) electrons. The van der Waals surface area contributed by atoms with Crippen LogP contribution in [0.15, 0.2) is 9.85 Å². The van der Waals surface area contributed by atoms with E-state index in [0.717, 1.165) is 23.3 Å². The summed E-state index contributed by atoms with van der Waals surface area (Å²) in [4.78, 5) is 12.4. The van der Waals surface area contributed by atoms with Gasteiger partial charge in [-0.25, -0.2) is 0 Å². The maximum absolute atomic E-state index is 11.8. The molecular weight excluding hydrogens is 278 g/mol. The summed E-state index contributed by atoms with van der Waals surface area (Å²) in [6, 6.07) is 1.99. The second-order valence-corrected chi connectivity index (χ2v) is 5.93. The predicted molar refractivity (Wildman–Crippen MR) is 65.2 cm³/mol. The molecule has 0 spiro atoms. The van der Waals surface area contributed by atoms with Gasteiger partial charge in [-0.2, -0.15) is 0 Å². The summed E-state index contributed by atoms with van der Waals surface area (Å²) in [5.41, 5.74) is 6.26. The molecule has 1 aromatic heterocycles. The lowest BCUT2D eigenvalue weighted by atomic mass is 10.2. The van der Waals surface area contributed by atoms with E-state index in [1.807, 2.05) is 0 Å². The van der Waals surface area contributed by atoms with E-state index in [1.165, 1.54) is 11.3 Å². The zero-order valence-corrected chi connectivity index (χ0v) is 10.5. The summed E-state index contributed by atoms with van der Waals surface area (Å²) in [5, 5.41) is 6.15. The molecule has 6 heteroatoms. The molecule has 1 unspecified atom stereocenters. The molecule has 4 nitrogen and oxygen atoms in total. The fourth-order valence-corrected chi connectivity index (χ4v) is 3.02. The average Bonchev–Trinajstić information content (AvgIpc) is 2.75. The number of nitrogen functional groups attached to an aromatic ring is 1. The topological polar surface area (TPSA) is 67.2 Å². The van der Waals surface area contributed by atoms with Gasteiger partial charge in [-0.05, 0) is 35.0 Å². The maximum Gasteiger partial charge on any atom is 0.263 e. The van der Waals surface area contributed by atoms with Gasteiger partial charge in [0.15, 0.2) is 0 Å². The maximum atomic E-state index is 11.8. The van der Waals surface area contributed by atoms with Crippen LogP contribution in [0.2, 0.25) is 0 Å². The average molecular weight is 290 g/mol. The molecule has 1 atom stereocenters. The Morgan fingerprint density at radius 3 is 3.07 bits per heavy atom. The highest BCUT2D eigenvalue weighted by Gasteiger charge is 2.20. The van der Waals surface area contributed by atoms with Gasteiger partial charge in [-0.1, -0.05) is 0 Å². The summed E-state index contributed by atoms with van der Waals surface area (Å²) >= 11 is 4.68. The van der Waals surface area contributed by atoms with E-state index in [1.54, 1.807) is 6.07 Å². The Balaban J connectivity index is 2.03. The predicted octanol–water partition coefficient (Wildman–Crippen LogP) is 1.18. The fraction of sp³-hybridized carbons (Fsp3) is 0.444. The van der Waals surface area contributed by atoms with Crippen molar-refractivity contribution in [2.24, 2.45) is 0 Å². The molecule has 1 saturated heterocycles. The van der Waals surface area contributed by atoms with Crippen LogP contribution < -0.4 is 16.4 Å². The number of amides is 1. The molecule has 1 aromatic rings. The summed E-state index contributed by atoms with van der Waals surface area (Å²) in [7, 11) is 0. The third kappa shape index (κ3) is 2.50. The van der Waals surface area contributed by atoms with Gasteiger partial charge in [-0.3, -0.25) is 4.79 Å². The minimum absolute atomic E-state index is 0.0723. The Morgan fingerprint density at radius 1 is 1.73 bits per heavy atom. The standard InChI is InChI=1S/C9H12BrN3OS/c10-7-3-6(11)8(15-7)9(14)13-5-1-2-12-4-5/h3,5,12H,1-2,4,11H2,(H,13,14). The van der Waals surface area contributed by atoms with Crippen molar-refractivity contribution in [3.8, 4) is 0 Å². The molecule has 0 bridgehead atoms. The number of nitrogens with one attached hydrogen (secondary N) is 2. The SMILES string of the molecule is Nc1cc(Br)sc1C(=O)NC1CCNC1. The molecule has 1 fully saturated rings. The summed E-state index contributed by atoms with van der Waals surface area (Å²) in [5.74, 6) is -0.0723. The first-order valence-corrected chi connectivity index (χ1v) is 6.34. The Bertz CT molecular complexity index is 373. The van der Waals surface area contributed by atoms with Crippen LogP contribution in [0, 0.1) is 0 Å². The number of carbonyl (C=O) groups is 1. The first kappa shape index (κ1) is 10.9. The molecule has 4 N–H and O–H groups in total. The van der Waals surface area contributed by atoms with E-state index >= 15 is 0 Å². The van der Waals surface area contributed by atoms with E-state index in [-0.39, 0.29) is 11.9 Å². The van der Waals surface area contributed by atoms with Crippen LogP contribution in [-0.4, -0.2) is 25.0 Å². The minimum atomic E-state index is -0.0723. The normalized spacial score (nSPS) is 20.5. The molecule has 15 heavy (non-hydrogen) atoms. The molecular formula is C9H12BrN3OS.